The zero-order chi connectivity index (χ0) is 27.9. The number of imide groups is 2. The number of fused-ring (bicyclic) bond motifs is 4. The number of allylic oxidation sites excluding steroid dienone is 2. The molecule has 0 unspecified atom stereocenters. The Morgan fingerprint density at radius 1 is 1.10 bits per heavy atom. The number of alkyl halides is 3. The first-order valence-corrected chi connectivity index (χ1v) is 15.1. The van der Waals surface area contributed by atoms with E-state index < -0.39 is 45.2 Å². The van der Waals surface area contributed by atoms with Gasteiger partial charge in [-0.1, -0.05) is 39.7 Å². The number of methoxy groups -OCH3 is 1. The van der Waals surface area contributed by atoms with Crippen molar-refractivity contribution in [2.75, 3.05) is 12.6 Å². The van der Waals surface area contributed by atoms with E-state index in [2.05, 4.69) is 15.9 Å². The van der Waals surface area contributed by atoms with Gasteiger partial charge in [-0.15, -0.1) is 34.5 Å². The molecule has 0 spiro atoms. The number of amides is 4. The van der Waals surface area contributed by atoms with Crippen molar-refractivity contribution in [1.29, 1.82) is 0 Å². The number of benzene rings is 1. The van der Waals surface area contributed by atoms with Crippen molar-refractivity contribution < 1.29 is 29.0 Å². The van der Waals surface area contributed by atoms with Crippen molar-refractivity contribution in [1.82, 2.24) is 9.80 Å². The number of hydrogen-bond donors (Lipinski definition) is 1. The Labute approximate surface area is 246 Å². The van der Waals surface area contributed by atoms with Crippen LogP contribution in [0.5, 0.6) is 11.5 Å². The van der Waals surface area contributed by atoms with Gasteiger partial charge in [0.1, 0.15) is 11.5 Å². The molecular formula is C27H23BrCl2N2O6S. The third-order valence-corrected chi connectivity index (χ3v) is 11.3. The summed E-state index contributed by atoms with van der Waals surface area (Å²) in [7, 11) is 1.42. The van der Waals surface area contributed by atoms with Crippen molar-refractivity contribution in [2.24, 2.45) is 17.8 Å². The number of halogens is 3. The summed E-state index contributed by atoms with van der Waals surface area (Å²) in [5.41, 5.74) is 1.02. The minimum Gasteiger partial charge on any atom is -0.508 e. The standard InChI is InChI=1S/C27H23BrCl2N2O6S/c1-38-19-9-13(33)4-5-16(19)21-15-6-7-17-20(23(35)31(22(17)34)11-14-3-2-8-39-14)18(15)10-26(29)24(36)32(12-28)25(37)27(21,26)30/h2-6,8-9,17-18,20-21,33H,7,10-12H2,1H3/t17-,18+,20-,21+,26+,27-/m0/s1. The Balaban J connectivity index is 1.52. The fourth-order valence-corrected chi connectivity index (χ4v) is 8.93. The number of carbonyl (C=O) groups is 4. The zero-order valence-electron chi connectivity index (χ0n) is 20.6. The average Bonchev–Trinajstić information content (AvgIpc) is 3.56. The van der Waals surface area contributed by atoms with Gasteiger partial charge in [0.05, 0.1) is 30.9 Å². The maximum Gasteiger partial charge on any atom is 0.254 e. The molecule has 4 amide bonds. The zero-order valence-corrected chi connectivity index (χ0v) is 24.5. The van der Waals surface area contributed by atoms with Crippen LogP contribution in [-0.2, 0) is 25.7 Å². The molecule has 1 aromatic heterocycles. The second-order valence-electron chi connectivity index (χ2n) is 10.3. The number of thiophene rings is 1. The van der Waals surface area contributed by atoms with Gasteiger partial charge in [0.25, 0.3) is 11.8 Å². The Kier molecular flexibility index (Phi) is 6.41. The molecule has 1 N–H and O–H groups in total. The number of carbonyl (C=O) groups excluding carboxylic acids is 4. The van der Waals surface area contributed by atoms with Gasteiger partial charge in [0, 0.05) is 22.4 Å². The number of hydrogen-bond acceptors (Lipinski definition) is 7. The summed E-state index contributed by atoms with van der Waals surface area (Å²) in [6.07, 6.45) is 2.07. The van der Waals surface area contributed by atoms with Crippen LogP contribution in [0.25, 0.3) is 0 Å². The summed E-state index contributed by atoms with van der Waals surface area (Å²) in [6, 6.07) is 8.18. The molecule has 1 aromatic carbocycles. The van der Waals surface area contributed by atoms with Crippen LogP contribution in [-0.4, -0.2) is 60.8 Å². The quantitative estimate of drug-likeness (QED) is 0.222. The van der Waals surface area contributed by atoms with Crippen LogP contribution in [0.2, 0.25) is 0 Å². The summed E-state index contributed by atoms with van der Waals surface area (Å²) >= 11 is 19.1. The summed E-state index contributed by atoms with van der Waals surface area (Å²) < 4.78 is 5.57. The molecule has 8 nitrogen and oxygen atoms in total. The molecule has 2 aliphatic carbocycles. The third kappa shape index (κ3) is 3.54. The minimum absolute atomic E-state index is 0.0573. The van der Waals surface area contributed by atoms with E-state index in [1.807, 2.05) is 23.6 Å². The number of ether oxygens (including phenoxy) is 1. The smallest absolute Gasteiger partial charge is 0.254 e. The number of rotatable bonds is 5. The van der Waals surface area contributed by atoms with Crippen LogP contribution < -0.4 is 4.74 Å². The number of phenols is 1. The molecule has 4 aliphatic rings. The van der Waals surface area contributed by atoms with Crippen LogP contribution in [0.1, 0.15) is 29.2 Å². The largest absolute Gasteiger partial charge is 0.508 e. The predicted molar refractivity (Wildman–Crippen MR) is 148 cm³/mol. The molecule has 6 atom stereocenters. The van der Waals surface area contributed by atoms with Gasteiger partial charge in [-0.3, -0.25) is 29.0 Å². The molecule has 2 saturated heterocycles. The molecule has 0 radical (unpaired) electrons. The highest BCUT2D eigenvalue weighted by Gasteiger charge is 2.76. The van der Waals surface area contributed by atoms with E-state index in [4.69, 9.17) is 27.9 Å². The normalized spacial score (nSPS) is 33.7. The average molecular weight is 654 g/mol. The summed E-state index contributed by atoms with van der Waals surface area (Å²) in [6.45, 7) is 0.180. The molecule has 12 heteroatoms. The highest BCUT2D eigenvalue weighted by molar-refractivity contribution is 9.09. The summed E-state index contributed by atoms with van der Waals surface area (Å²) in [5.74, 6) is -4.61. The van der Waals surface area contributed by atoms with Gasteiger partial charge in [0.15, 0.2) is 9.75 Å². The second-order valence-corrected chi connectivity index (χ2v) is 13.0. The topological polar surface area (TPSA) is 104 Å². The first-order chi connectivity index (χ1) is 18.6. The SMILES string of the molecule is COc1cc(O)ccc1[C@H]1C2=CC[C@@H]3C(=O)N(Cc4cccs4)C(=O)[C@@H]3[C@@H]2C[C@@]2(Cl)C(=O)N(CBr)C(=O)[C@@]12Cl. The van der Waals surface area contributed by atoms with Gasteiger partial charge in [-0.25, -0.2) is 0 Å². The molecule has 2 aromatic rings. The number of phenolic OH excluding ortho intramolecular Hbond substituents is 1. The van der Waals surface area contributed by atoms with Crippen molar-refractivity contribution in [3.8, 4) is 11.5 Å². The third-order valence-electron chi connectivity index (χ3n) is 8.53. The van der Waals surface area contributed by atoms with Crippen molar-refractivity contribution in [2.45, 2.75) is 35.1 Å². The Morgan fingerprint density at radius 2 is 1.87 bits per heavy atom. The Morgan fingerprint density at radius 3 is 2.54 bits per heavy atom. The van der Waals surface area contributed by atoms with Crippen LogP contribution >= 0.6 is 50.5 Å². The first-order valence-electron chi connectivity index (χ1n) is 12.3. The summed E-state index contributed by atoms with van der Waals surface area (Å²) in [4.78, 5) is 54.2. The highest BCUT2D eigenvalue weighted by Crippen LogP contribution is 2.66. The van der Waals surface area contributed by atoms with Crippen LogP contribution in [0, 0.1) is 17.8 Å². The molecule has 3 fully saturated rings. The molecule has 204 valence electrons. The minimum atomic E-state index is -1.93. The van der Waals surface area contributed by atoms with Gasteiger partial charge in [-0.05, 0) is 36.3 Å². The Hall–Kier alpha value is -2.40. The first kappa shape index (κ1) is 26.8. The van der Waals surface area contributed by atoms with E-state index in [9.17, 15) is 24.3 Å². The van der Waals surface area contributed by atoms with Crippen LogP contribution in [0.15, 0.2) is 47.4 Å². The fourth-order valence-electron chi connectivity index (χ4n) is 6.82. The van der Waals surface area contributed by atoms with Crippen molar-refractivity contribution >= 4 is 74.1 Å². The highest BCUT2D eigenvalue weighted by atomic mass is 79.9. The Bertz CT molecular complexity index is 1450. The molecule has 3 heterocycles. The summed E-state index contributed by atoms with van der Waals surface area (Å²) in [5, 5.41) is 12.0. The van der Waals surface area contributed by atoms with Crippen LogP contribution in [0.4, 0.5) is 0 Å². The van der Waals surface area contributed by atoms with Crippen LogP contribution in [0.3, 0.4) is 0 Å². The molecular weight excluding hydrogens is 631 g/mol. The predicted octanol–water partition coefficient (Wildman–Crippen LogP) is 4.37. The lowest BCUT2D eigenvalue weighted by Crippen LogP contribution is -2.60. The van der Waals surface area contributed by atoms with E-state index in [0.717, 1.165) is 9.78 Å². The number of aromatic hydroxyl groups is 1. The van der Waals surface area contributed by atoms with Gasteiger partial charge < -0.3 is 9.84 Å². The van der Waals surface area contributed by atoms with E-state index in [1.54, 1.807) is 6.07 Å². The van der Waals surface area contributed by atoms with Crippen molar-refractivity contribution in [3.63, 3.8) is 0 Å². The van der Waals surface area contributed by atoms with E-state index in [-0.39, 0.29) is 48.2 Å². The lowest BCUT2D eigenvalue weighted by atomic mass is 9.56. The molecule has 1 saturated carbocycles. The van der Waals surface area contributed by atoms with Gasteiger partial charge in [-0.2, -0.15) is 0 Å². The molecule has 6 rings (SSSR count). The second kappa shape index (κ2) is 9.33. The monoisotopic (exact) mass is 652 g/mol. The maximum absolute atomic E-state index is 13.9. The molecule has 0 bridgehead atoms. The molecule has 2 aliphatic heterocycles. The molecule has 39 heavy (non-hydrogen) atoms. The fraction of sp³-hybridized carbons (Fsp3) is 0.407. The lowest BCUT2D eigenvalue weighted by Gasteiger charge is -2.51. The van der Waals surface area contributed by atoms with E-state index >= 15 is 0 Å². The number of likely N-dealkylation sites (tertiary alicyclic amines) is 2. The lowest BCUT2D eigenvalue weighted by molar-refractivity contribution is -0.141. The van der Waals surface area contributed by atoms with Gasteiger partial charge >= 0.3 is 0 Å². The van der Waals surface area contributed by atoms with E-state index in [1.165, 1.54) is 35.5 Å². The van der Waals surface area contributed by atoms with E-state index in [0.29, 0.717) is 11.1 Å². The maximum atomic E-state index is 13.9. The number of nitrogens with zero attached hydrogens (tertiary/aromatic N) is 2. The van der Waals surface area contributed by atoms with Crippen molar-refractivity contribution in [3.05, 3.63) is 57.8 Å². The van der Waals surface area contributed by atoms with Gasteiger partial charge in [0.2, 0.25) is 11.8 Å².